The normalized spacial score (nSPS) is 16.9. The van der Waals surface area contributed by atoms with Crippen LogP contribution in [-0.2, 0) is 16.0 Å². The van der Waals surface area contributed by atoms with Gasteiger partial charge in [-0.2, -0.15) is 0 Å². The van der Waals surface area contributed by atoms with Gasteiger partial charge in [-0.25, -0.2) is 0 Å². The number of carbonyl (C=O) groups excluding carboxylic acids is 1. The highest BCUT2D eigenvalue weighted by molar-refractivity contribution is 5.81. The van der Waals surface area contributed by atoms with E-state index in [1.807, 2.05) is 17.9 Å². The van der Waals surface area contributed by atoms with Gasteiger partial charge in [0.2, 0.25) is 5.91 Å². The van der Waals surface area contributed by atoms with E-state index in [-0.39, 0.29) is 11.9 Å². The maximum Gasteiger partial charge on any atom is 0.239 e. The average molecular weight is 276 g/mol. The Morgan fingerprint density at radius 3 is 2.70 bits per heavy atom. The summed E-state index contributed by atoms with van der Waals surface area (Å²) in [5.74, 6) is 0.188. The molecule has 0 radical (unpaired) electrons. The molecule has 0 bridgehead atoms. The molecule has 0 aromatic heterocycles. The van der Waals surface area contributed by atoms with Crippen molar-refractivity contribution in [3.8, 4) is 0 Å². The van der Waals surface area contributed by atoms with E-state index in [4.69, 9.17) is 4.74 Å². The van der Waals surface area contributed by atoms with Crippen LogP contribution in [0.5, 0.6) is 0 Å². The van der Waals surface area contributed by atoms with Crippen molar-refractivity contribution >= 4 is 5.91 Å². The lowest BCUT2D eigenvalue weighted by Gasteiger charge is -2.29. The van der Waals surface area contributed by atoms with Crippen LogP contribution in [0.2, 0.25) is 0 Å². The van der Waals surface area contributed by atoms with Crippen LogP contribution in [0.15, 0.2) is 30.3 Å². The fourth-order valence-electron chi connectivity index (χ4n) is 2.40. The van der Waals surface area contributed by atoms with Crippen molar-refractivity contribution in [2.45, 2.75) is 25.8 Å². The lowest BCUT2D eigenvalue weighted by atomic mass is 10.1. The van der Waals surface area contributed by atoms with Gasteiger partial charge in [-0.1, -0.05) is 30.3 Å². The van der Waals surface area contributed by atoms with Gasteiger partial charge in [0.15, 0.2) is 0 Å². The summed E-state index contributed by atoms with van der Waals surface area (Å²) in [5.41, 5.74) is 1.35. The van der Waals surface area contributed by atoms with Gasteiger partial charge in [0, 0.05) is 13.1 Å². The molecule has 1 aromatic carbocycles. The minimum Gasteiger partial charge on any atom is -0.378 e. The van der Waals surface area contributed by atoms with Crippen molar-refractivity contribution in [3.63, 3.8) is 0 Å². The lowest BCUT2D eigenvalue weighted by molar-refractivity contribution is -0.137. The summed E-state index contributed by atoms with van der Waals surface area (Å²) in [6, 6.07) is 10.3. The molecule has 1 heterocycles. The van der Waals surface area contributed by atoms with Crippen LogP contribution in [0.25, 0.3) is 0 Å². The molecule has 0 aliphatic carbocycles. The maximum atomic E-state index is 12.2. The molecule has 0 saturated carbocycles. The second-order valence-corrected chi connectivity index (χ2v) is 5.20. The highest BCUT2D eigenvalue weighted by atomic mass is 16.5. The van der Waals surface area contributed by atoms with Gasteiger partial charge in [0.1, 0.15) is 0 Å². The van der Waals surface area contributed by atoms with Gasteiger partial charge < -0.3 is 15.0 Å². The molecular weight excluding hydrogens is 252 g/mol. The summed E-state index contributed by atoms with van der Waals surface area (Å²) in [6.07, 6.45) is 2.09. The first-order valence-corrected chi connectivity index (χ1v) is 7.41. The Hall–Kier alpha value is -1.39. The fraction of sp³-hybridized carbons (Fsp3) is 0.562. The van der Waals surface area contributed by atoms with E-state index in [1.165, 1.54) is 5.56 Å². The molecule has 1 saturated heterocycles. The molecule has 1 fully saturated rings. The Bertz CT molecular complexity index is 402. The predicted octanol–water partition coefficient (Wildman–Crippen LogP) is 1.46. The number of morpholine rings is 1. The predicted molar refractivity (Wildman–Crippen MR) is 79.6 cm³/mol. The molecule has 110 valence electrons. The zero-order valence-electron chi connectivity index (χ0n) is 12.2. The van der Waals surface area contributed by atoms with Crippen molar-refractivity contribution in [1.29, 1.82) is 0 Å². The standard InChI is InChI=1S/C16H24N2O2/c1-14(16(19)18-10-12-20-13-11-18)17-9-5-8-15-6-3-2-4-7-15/h2-4,6-7,14,17H,5,8-13H2,1H3. The largest absolute Gasteiger partial charge is 0.378 e. The minimum absolute atomic E-state index is 0.108. The Kier molecular flexibility index (Phi) is 6.02. The Morgan fingerprint density at radius 1 is 1.30 bits per heavy atom. The van der Waals surface area contributed by atoms with E-state index >= 15 is 0 Å². The van der Waals surface area contributed by atoms with Crippen LogP contribution in [0.1, 0.15) is 18.9 Å². The molecular formula is C16H24N2O2. The van der Waals surface area contributed by atoms with E-state index in [9.17, 15) is 4.79 Å². The number of aryl methyl sites for hydroxylation is 1. The number of benzene rings is 1. The van der Waals surface area contributed by atoms with Crippen molar-refractivity contribution in [1.82, 2.24) is 10.2 Å². The number of ether oxygens (including phenoxy) is 1. The fourth-order valence-corrected chi connectivity index (χ4v) is 2.40. The third-order valence-corrected chi connectivity index (χ3v) is 3.63. The smallest absolute Gasteiger partial charge is 0.239 e. The molecule has 2 rings (SSSR count). The van der Waals surface area contributed by atoms with Crippen LogP contribution < -0.4 is 5.32 Å². The molecule has 1 aromatic rings. The van der Waals surface area contributed by atoms with Gasteiger partial charge in [0.05, 0.1) is 19.3 Å². The zero-order chi connectivity index (χ0) is 14.2. The zero-order valence-corrected chi connectivity index (χ0v) is 12.2. The molecule has 0 spiro atoms. The molecule has 1 atom stereocenters. The highest BCUT2D eigenvalue weighted by Crippen LogP contribution is 2.03. The first-order valence-electron chi connectivity index (χ1n) is 7.41. The van der Waals surface area contributed by atoms with Crippen LogP contribution >= 0.6 is 0 Å². The van der Waals surface area contributed by atoms with Gasteiger partial charge in [0.25, 0.3) is 0 Å². The SMILES string of the molecule is CC(NCCCc1ccccc1)C(=O)N1CCOCC1. The van der Waals surface area contributed by atoms with E-state index < -0.39 is 0 Å². The molecule has 1 N–H and O–H groups in total. The quantitative estimate of drug-likeness (QED) is 0.800. The summed E-state index contributed by atoms with van der Waals surface area (Å²) in [6.45, 7) is 5.56. The highest BCUT2D eigenvalue weighted by Gasteiger charge is 2.21. The number of rotatable bonds is 6. The molecule has 1 aliphatic rings. The Labute approximate surface area is 121 Å². The average Bonchev–Trinajstić information content (AvgIpc) is 2.52. The van der Waals surface area contributed by atoms with E-state index in [0.29, 0.717) is 13.2 Å². The van der Waals surface area contributed by atoms with Crippen molar-refractivity contribution in [2.75, 3.05) is 32.8 Å². The van der Waals surface area contributed by atoms with E-state index in [1.54, 1.807) is 0 Å². The van der Waals surface area contributed by atoms with Crippen molar-refractivity contribution in [2.24, 2.45) is 0 Å². The summed E-state index contributed by atoms with van der Waals surface area (Å²) in [4.78, 5) is 14.1. The van der Waals surface area contributed by atoms with E-state index in [2.05, 4.69) is 29.6 Å². The number of hydrogen-bond acceptors (Lipinski definition) is 3. The summed E-state index contributed by atoms with van der Waals surface area (Å²) in [7, 11) is 0. The monoisotopic (exact) mass is 276 g/mol. The van der Waals surface area contributed by atoms with Gasteiger partial charge in [-0.15, -0.1) is 0 Å². The summed E-state index contributed by atoms with van der Waals surface area (Å²) >= 11 is 0. The number of nitrogens with zero attached hydrogens (tertiary/aromatic N) is 1. The van der Waals surface area contributed by atoms with E-state index in [0.717, 1.165) is 32.5 Å². The Balaban J connectivity index is 1.64. The van der Waals surface area contributed by atoms with Crippen molar-refractivity contribution < 1.29 is 9.53 Å². The third-order valence-electron chi connectivity index (χ3n) is 3.63. The third kappa shape index (κ3) is 4.62. The molecule has 1 amide bonds. The van der Waals surface area contributed by atoms with Crippen LogP contribution in [0.4, 0.5) is 0 Å². The van der Waals surface area contributed by atoms with Gasteiger partial charge in [-0.05, 0) is 31.9 Å². The van der Waals surface area contributed by atoms with Crippen LogP contribution in [-0.4, -0.2) is 49.7 Å². The first kappa shape index (κ1) is 15.0. The second kappa shape index (κ2) is 8.02. The topological polar surface area (TPSA) is 41.6 Å². The molecule has 20 heavy (non-hydrogen) atoms. The number of amides is 1. The minimum atomic E-state index is -0.108. The first-order chi connectivity index (χ1) is 9.77. The van der Waals surface area contributed by atoms with Crippen LogP contribution in [0, 0.1) is 0 Å². The molecule has 1 aliphatic heterocycles. The number of nitrogens with one attached hydrogen (secondary N) is 1. The summed E-state index contributed by atoms with van der Waals surface area (Å²) in [5, 5.41) is 3.32. The van der Waals surface area contributed by atoms with Gasteiger partial charge in [-0.3, -0.25) is 4.79 Å². The van der Waals surface area contributed by atoms with Crippen molar-refractivity contribution in [3.05, 3.63) is 35.9 Å². The lowest BCUT2D eigenvalue weighted by Crippen LogP contribution is -2.49. The number of hydrogen-bond donors (Lipinski definition) is 1. The second-order valence-electron chi connectivity index (χ2n) is 5.20. The molecule has 4 heteroatoms. The summed E-state index contributed by atoms with van der Waals surface area (Å²) < 4.78 is 5.26. The molecule has 1 unspecified atom stereocenters. The van der Waals surface area contributed by atoms with Crippen LogP contribution in [0.3, 0.4) is 0 Å². The molecule has 4 nitrogen and oxygen atoms in total. The Morgan fingerprint density at radius 2 is 2.00 bits per heavy atom. The number of carbonyl (C=O) groups is 1. The maximum absolute atomic E-state index is 12.2. The van der Waals surface area contributed by atoms with Gasteiger partial charge >= 0.3 is 0 Å².